The molecular weight excluding hydrogens is 252 g/mol. The molecule has 0 N–H and O–H groups in total. The van der Waals surface area contributed by atoms with Crippen LogP contribution in [0.25, 0.3) is 0 Å². The molecule has 0 spiro atoms. The van der Waals surface area contributed by atoms with Crippen LogP contribution in [0.2, 0.25) is 0 Å². The van der Waals surface area contributed by atoms with E-state index in [4.69, 9.17) is 11.6 Å². The summed E-state index contributed by atoms with van der Waals surface area (Å²) in [5, 5.41) is 11.3. The fraction of sp³-hybridized carbons (Fsp3) is 0.846. The van der Waals surface area contributed by atoms with E-state index in [-0.39, 0.29) is 0 Å². The molecule has 0 amide bonds. The third-order valence-corrected chi connectivity index (χ3v) is 6.38. The number of halogens is 1. The first kappa shape index (κ1) is 10.7. The van der Waals surface area contributed by atoms with Crippen molar-refractivity contribution >= 4 is 22.9 Å². The highest BCUT2D eigenvalue weighted by Crippen LogP contribution is 2.73. The lowest BCUT2D eigenvalue weighted by atomic mass is 10.0. The summed E-state index contributed by atoms with van der Waals surface area (Å²) in [5.74, 6) is 5.57. The molecule has 4 unspecified atom stereocenters. The van der Waals surface area contributed by atoms with Gasteiger partial charge in [0.1, 0.15) is 10.0 Å². The molecule has 4 atom stereocenters. The van der Waals surface area contributed by atoms with Gasteiger partial charge in [-0.1, -0.05) is 0 Å². The van der Waals surface area contributed by atoms with Crippen LogP contribution in [0.5, 0.6) is 0 Å². The lowest BCUT2D eigenvalue weighted by Gasteiger charge is -2.04. The van der Waals surface area contributed by atoms with Crippen LogP contribution in [0.1, 0.15) is 41.6 Å². The Morgan fingerprint density at radius 1 is 1.18 bits per heavy atom. The molecule has 2 bridgehead atoms. The second-order valence-electron chi connectivity index (χ2n) is 5.84. The second-order valence-corrected chi connectivity index (χ2v) is 7.31. The highest BCUT2D eigenvalue weighted by atomic mass is 35.5. The lowest BCUT2D eigenvalue weighted by Crippen LogP contribution is -1.96. The number of hydrogen-bond acceptors (Lipinski definition) is 3. The van der Waals surface area contributed by atoms with Crippen molar-refractivity contribution in [2.75, 3.05) is 5.88 Å². The third kappa shape index (κ3) is 1.58. The standard InChI is InChI=1S/C13H17ClN2S/c14-5-1-2-9-15-16-13(17-9)12-10-7-3-4-8(6-7)11(10)12/h7-8,10-12H,1-6H2. The minimum absolute atomic E-state index is 0.730. The first-order valence-electron chi connectivity index (χ1n) is 6.76. The van der Waals surface area contributed by atoms with Crippen LogP contribution in [-0.2, 0) is 6.42 Å². The van der Waals surface area contributed by atoms with Gasteiger partial charge in [0, 0.05) is 18.2 Å². The number of aromatic nitrogens is 2. The molecule has 1 heterocycles. The predicted octanol–water partition coefficient (Wildman–Crippen LogP) is 3.47. The van der Waals surface area contributed by atoms with Crippen molar-refractivity contribution in [3.8, 4) is 0 Å². The fourth-order valence-corrected chi connectivity index (χ4v) is 5.61. The average molecular weight is 269 g/mol. The van der Waals surface area contributed by atoms with E-state index in [0.29, 0.717) is 0 Å². The Morgan fingerprint density at radius 2 is 1.94 bits per heavy atom. The maximum Gasteiger partial charge on any atom is 0.121 e. The molecule has 0 aromatic carbocycles. The van der Waals surface area contributed by atoms with Gasteiger partial charge in [0.05, 0.1) is 0 Å². The maximum atomic E-state index is 5.71. The van der Waals surface area contributed by atoms with Crippen LogP contribution in [-0.4, -0.2) is 16.1 Å². The molecule has 3 fully saturated rings. The molecule has 1 aromatic rings. The first-order valence-corrected chi connectivity index (χ1v) is 8.12. The summed E-state index contributed by atoms with van der Waals surface area (Å²) in [6, 6.07) is 0. The molecule has 3 aliphatic rings. The van der Waals surface area contributed by atoms with Crippen molar-refractivity contribution in [2.24, 2.45) is 23.7 Å². The predicted molar refractivity (Wildman–Crippen MR) is 69.5 cm³/mol. The average Bonchev–Trinajstić information content (AvgIpc) is 2.78. The van der Waals surface area contributed by atoms with E-state index in [1.807, 2.05) is 11.3 Å². The Hall–Kier alpha value is -0.150. The number of alkyl halides is 1. The van der Waals surface area contributed by atoms with E-state index in [1.165, 1.54) is 29.3 Å². The lowest BCUT2D eigenvalue weighted by molar-refractivity contribution is 0.456. The minimum Gasteiger partial charge on any atom is -0.144 e. The summed E-state index contributed by atoms with van der Waals surface area (Å²) in [4.78, 5) is 0. The highest BCUT2D eigenvalue weighted by Gasteiger charge is 2.66. The van der Waals surface area contributed by atoms with E-state index in [0.717, 1.165) is 48.3 Å². The van der Waals surface area contributed by atoms with Crippen LogP contribution in [0.15, 0.2) is 0 Å². The van der Waals surface area contributed by atoms with Crippen LogP contribution >= 0.6 is 22.9 Å². The quantitative estimate of drug-likeness (QED) is 0.782. The molecule has 4 rings (SSSR count). The first-order chi connectivity index (χ1) is 8.38. The summed E-state index contributed by atoms with van der Waals surface area (Å²) in [6.45, 7) is 0. The molecule has 92 valence electrons. The van der Waals surface area contributed by atoms with Crippen LogP contribution in [0.3, 0.4) is 0 Å². The smallest absolute Gasteiger partial charge is 0.121 e. The van der Waals surface area contributed by atoms with Gasteiger partial charge in [0.25, 0.3) is 0 Å². The van der Waals surface area contributed by atoms with E-state index in [9.17, 15) is 0 Å². The zero-order valence-electron chi connectivity index (χ0n) is 9.81. The molecule has 0 saturated heterocycles. The Bertz CT molecular complexity index is 417. The largest absolute Gasteiger partial charge is 0.144 e. The zero-order valence-corrected chi connectivity index (χ0v) is 11.4. The van der Waals surface area contributed by atoms with Crippen molar-refractivity contribution in [1.29, 1.82) is 0 Å². The van der Waals surface area contributed by atoms with E-state index in [2.05, 4.69) is 10.2 Å². The van der Waals surface area contributed by atoms with Crippen molar-refractivity contribution in [3.05, 3.63) is 10.0 Å². The molecule has 2 nitrogen and oxygen atoms in total. The Morgan fingerprint density at radius 3 is 2.65 bits per heavy atom. The maximum absolute atomic E-state index is 5.71. The van der Waals surface area contributed by atoms with Crippen molar-refractivity contribution in [3.63, 3.8) is 0 Å². The monoisotopic (exact) mass is 268 g/mol. The molecule has 3 saturated carbocycles. The molecule has 4 heteroatoms. The van der Waals surface area contributed by atoms with Gasteiger partial charge in [0.15, 0.2) is 0 Å². The van der Waals surface area contributed by atoms with Gasteiger partial charge in [0.2, 0.25) is 0 Å². The normalized spacial score (nSPS) is 41.8. The van der Waals surface area contributed by atoms with Crippen LogP contribution < -0.4 is 0 Å². The number of nitrogens with zero attached hydrogens (tertiary/aromatic N) is 2. The van der Waals surface area contributed by atoms with Crippen molar-refractivity contribution in [1.82, 2.24) is 10.2 Å². The highest BCUT2D eigenvalue weighted by molar-refractivity contribution is 7.11. The van der Waals surface area contributed by atoms with Crippen LogP contribution in [0.4, 0.5) is 0 Å². The fourth-order valence-electron chi connectivity index (χ4n) is 4.38. The number of hydrogen-bond donors (Lipinski definition) is 0. The Kier molecular flexibility index (Phi) is 2.48. The zero-order chi connectivity index (χ0) is 11.4. The van der Waals surface area contributed by atoms with Crippen molar-refractivity contribution in [2.45, 2.75) is 38.0 Å². The van der Waals surface area contributed by atoms with Gasteiger partial charge in [-0.3, -0.25) is 0 Å². The van der Waals surface area contributed by atoms with Gasteiger partial charge in [-0.05, 0) is 49.4 Å². The Balaban J connectivity index is 1.48. The molecule has 17 heavy (non-hydrogen) atoms. The third-order valence-electron chi connectivity index (χ3n) is 5.03. The van der Waals surface area contributed by atoms with Gasteiger partial charge < -0.3 is 0 Å². The number of aryl methyl sites for hydroxylation is 1. The molecule has 1 aromatic heterocycles. The summed E-state index contributed by atoms with van der Waals surface area (Å²) < 4.78 is 0. The van der Waals surface area contributed by atoms with E-state index in [1.54, 1.807) is 0 Å². The van der Waals surface area contributed by atoms with Gasteiger partial charge >= 0.3 is 0 Å². The second kappa shape index (κ2) is 3.92. The molecular formula is C13H17ClN2S. The molecule has 3 aliphatic carbocycles. The molecule has 0 radical (unpaired) electrons. The summed E-state index contributed by atoms with van der Waals surface area (Å²) >= 11 is 7.57. The summed E-state index contributed by atoms with van der Waals surface area (Å²) in [7, 11) is 0. The van der Waals surface area contributed by atoms with Gasteiger partial charge in [-0.15, -0.1) is 33.1 Å². The molecule has 0 aliphatic heterocycles. The van der Waals surface area contributed by atoms with E-state index < -0.39 is 0 Å². The van der Waals surface area contributed by atoms with Crippen LogP contribution in [0, 0.1) is 23.7 Å². The van der Waals surface area contributed by atoms with E-state index >= 15 is 0 Å². The summed E-state index contributed by atoms with van der Waals surface area (Å²) in [6.07, 6.45) is 6.53. The van der Waals surface area contributed by atoms with Gasteiger partial charge in [-0.2, -0.15) is 0 Å². The Labute approximate surface area is 111 Å². The minimum atomic E-state index is 0.730. The number of rotatable bonds is 4. The summed E-state index contributed by atoms with van der Waals surface area (Å²) in [5.41, 5.74) is 0. The number of fused-ring (bicyclic) bond motifs is 5. The van der Waals surface area contributed by atoms with Crippen molar-refractivity contribution < 1.29 is 0 Å². The topological polar surface area (TPSA) is 25.8 Å². The SMILES string of the molecule is ClCCCc1nnc(C2C3C4CCC(C4)C23)s1. The van der Waals surface area contributed by atoms with Gasteiger partial charge in [-0.25, -0.2) is 0 Å².